The monoisotopic (exact) mass is 198 g/mol. The van der Waals surface area contributed by atoms with Crippen molar-refractivity contribution in [3.63, 3.8) is 0 Å². The average molecular weight is 200 g/mol. The van der Waals surface area contributed by atoms with Crippen LogP contribution in [-0.2, 0) is 24.3 Å². The van der Waals surface area contributed by atoms with E-state index < -0.39 is 5.97 Å². The summed E-state index contributed by atoms with van der Waals surface area (Å²) in [7, 11) is 0. The van der Waals surface area contributed by atoms with Crippen LogP contribution in [0.4, 0.5) is 0 Å². The topological polar surface area (TPSA) is 57.5 Å². The second-order valence-corrected chi connectivity index (χ2v) is 1.60. The number of aliphatic hydroxyl groups excluding tert-OH is 1. The Bertz CT molecular complexity index is 60.0. The fourth-order valence-corrected chi connectivity index (χ4v) is 0.158. The molecule has 10 heavy (non-hydrogen) atoms. The van der Waals surface area contributed by atoms with E-state index in [0.717, 1.165) is 19.8 Å². The Balaban J connectivity index is -0.0000000910. The van der Waals surface area contributed by atoms with Gasteiger partial charge in [-0.25, -0.2) is 0 Å². The molecule has 0 unspecified atom stereocenters. The van der Waals surface area contributed by atoms with Crippen molar-refractivity contribution >= 4 is 5.97 Å². The van der Waals surface area contributed by atoms with Crippen LogP contribution >= 0.6 is 0 Å². The number of rotatable bonds is 2. The molecule has 0 aliphatic heterocycles. The molecular weight excluding hydrogens is 185 g/mol. The number of carboxylic acids is 1. The molecule has 0 atom stereocenters. The van der Waals surface area contributed by atoms with Crippen molar-refractivity contribution in [2.45, 2.75) is 26.7 Å². The third kappa shape index (κ3) is 95.0. The predicted octanol–water partition coefficient (Wildman–Crippen LogP) is 0.867. The van der Waals surface area contributed by atoms with Crippen LogP contribution in [-0.4, -0.2) is 22.8 Å². The number of hydrogen-bond acceptors (Lipinski definition) is 2. The molecule has 0 rings (SSSR count). The van der Waals surface area contributed by atoms with Gasteiger partial charge in [0.2, 0.25) is 0 Å². The summed E-state index contributed by atoms with van der Waals surface area (Å²) in [6, 6.07) is 0. The summed E-state index contributed by atoms with van der Waals surface area (Å²) in [5, 5.41) is 15.5. The van der Waals surface area contributed by atoms with Crippen LogP contribution in [0.1, 0.15) is 26.7 Å². The molecule has 0 aromatic rings. The first-order valence-corrected chi connectivity index (χ1v) is 2.95. The second kappa shape index (κ2) is 16.0. The Kier molecular flexibility index (Phi) is 26.5. The Morgan fingerprint density at radius 2 is 1.80 bits per heavy atom. The average Bonchev–Trinajstić information content (AvgIpc) is 1.66. The van der Waals surface area contributed by atoms with Crippen molar-refractivity contribution in [1.29, 1.82) is 0 Å². The van der Waals surface area contributed by atoms with Gasteiger partial charge in [-0.1, -0.05) is 13.3 Å². The molecule has 0 aliphatic carbocycles. The van der Waals surface area contributed by atoms with E-state index in [-0.39, 0.29) is 19.5 Å². The second-order valence-electron chi connectivity index (χ2n) is 1.60. The minimum Gasteiger partial charge on any atom is -0.481 e. The third-order valence-corrected chi connectivity index (χ3v) is 0.512. The molecule has 0 saturated carbocycles. The zero-order valence-corrected chi connectivity index (χ0v) is 9.60. The molecule has 2 N–H and O–H groups in total. The van der Waals surface area contributed by atoms with Crippen LogP contribution in [0.3, 0.4) is 0 Å². The first kappa shape index (κ1) is 16.6. The van der Waals surface area contributed by atoms with Crippen molar-refractivity contribution in [2.24, 2.45) is 0 Å². The Morgan fingerprint density at radius 3 is 1.80 bits per heavy atom. The van der Waals surface area contributed by atoms with E-state index in [2.05, 4.69) is 6.92 Å². The van der Waals surface area contributed by atoms with Crippen LogP contribution in [0.15, 0.2) is 0 Å². The van der Waals surface area contributed by atoms with E-state index in [4.69, 9.17) is 15.0 Å². The van der Waals surface area contributed by atoms with Crippen molar-refractivity contribution in [3.05, 3.63) is 0 Å². The summed E-state index contributed by atoms with van der Waals surface area (Å²) in [6.45, 7) is 3.48. The molecule has 0 fully saturated rings. The van der Waals surface area contributed by atoms with Gasteiger partial charge in [-0.2, -0.15) is 0 Å². The number of aliphatic hydroxyl groups is 1. The normalized spacial score (nSPS) is 6.70. The third-order valence-electron chi connectivity index (χ3n) is 0.512. The molecule has 0 aromatic heterocycles. The standard InChI is InChI=1S/C4H10O.C2H4O2.Zn/c1-2-3-4-5;1-2(3)4;/h5H,2-4H2,1H3;1H3,(H,3,4);. The van der Waals surface area contributed by atoms with Crippen molar-refractivity contribution in [3.8, 4) is 0 Å². The smallest absolute Gasteiger partial charge is 0.300 e. The summed E-state index contributed by atoms with van der Waals surface area (Å²) >= 11 is 0. The Hall–Kier alpha value is 0.0534. The minimum atomic E-state index is -0.833. The molecule has 0 amide bonds. The van der Waals surface area contributed by atoms with Gasteiger partial charge in [0, 0.05) is 33.0 Å². The SMILES string of the molecule is CC(=O)O.CCCCO.[Zn]. The summed E-state index contributed by atoms with van der Waals surface area (Å²) in [4.78, 5) is 9.00. The maximum absolute atomic E-state index is 9.00. The van der Waals surface area contributed by atoms with Crippen molar-refractivity contribution in [2.75, 3.05) is 6.61 Å². The van der Waals surface area contributed by atoms with Gasteiger partial charge in [-0.3, -0.25) is 4.79 Å². The van der Waals surface area contributed by atoms with Gasteiger partial charge in [0.15, 0.2) is 0 Å². The van der Waals surface area contributed by atoms with Gasteiger partial charge < -0.3 is 10.2 Å². The number of unbranched alkanes of at least 4 members (excludes halogenated alkanes) is 1. The number of carbonyl (C=O) groups is 1. The predicted molar refractivity (Wildman–Crippen MR) is 35.3 cm³/mol. The van der Waals surface area contributed by atoms with Gasteiger partial charge in [-0.05, 0) is 6.42 Å². The Labute approximate surface area is 74.2 Å². The molecule has 4 heteroatoms. The molecular formula is C6H14O3Zn. The van der Waals surface area contributed by atoms with Crippen molar-refractivity contribution < 1.29 is 34.5 Å². The van der Waals surface area contributed by atoms with Crippen LogP contribution in [0.2, 0.25) is 0 Å². The summed E-state index contributed by atoms with van der Waals surface area (Å²) in [5.41, 5.74) is 0. The quantitative estimate of drug-likeness (QED) is 0.649. The van der Waals surface area contributed by atoms with Gasteiger partial charge in [0.05, 0.1) is 0 Å². The number of hydrogen-bond donors (Lipinski definition) is 2. The van der Waals surface area contributed by atoms with E-state index in [1.807, 2.05) is 0 Å². The van der Waals surface area contributed by atoms with Gasteiger partial charge in [0.1, 0.15) is 0 Å². The molecule has 3 nitrogen and oxygen atoms in total. The van der Waals surface area contributed by atoms with E-state index >= 15 is 0 Å². The van der Waals surface area contributed by atoms with Crippen molar-refractivity contribution in [1.82, 2.24) is 0 Å². The molecule has 0 aliphatic rings. The molecule has 0 bridgehead atoms. The molecule has 0 saturated heterocycles. The molecule has 0 spiro atoms. The van der Waals surface area contributed by atoms with Crippen LogP contribution in [0.5, 0.6) is 0 Å². The van der Waals surface area contributed by atoms with E-state index in [1.165, 1.54) is 0 Å². The first-order valence-electron chi connectivity index (χ1n) is 2.95. The van der Waals surface area contributed by atoms with E-state index in [1.54, 1.807) is 0 Å². The molecule has 0 radical (unpaired) electrons. The molecule has 0 heterocycles. The first-order chi connectivity index (χ1) is 4.15. The zero-order chi connectivity index (χ0) is 7.70. The fraction of sp³-hybridized carbons (Fsp3) is 0.833. The fourth-order valence-electron chi connectivity index (χ4n) is 0.158. The van der Waals surface area contributed by atoms with Crippen LogP contribution < -0.4 is 0 Å². The van der Waals surface area contributed by atoms with E-state index in [0.29, 0.717) is 6.61 Å². The largest absolute Gasteiger partial charge is 0.481 e. The van der Waals surface area contributed by atoms with Gasteiger partial charge >= 0.3 is 0 Å². The number of carboxylic acid groups (broad SMARTS) is 1. The summed E-state index contributed by atoms with van der Waals surface area (Å²) < 4.78 is 0. The minimum absolute atomic E-state index is 0. The summed E-state index contributed by atoms with van der Waals surface area (Å²) in [5.74, 6) is -0.833. The Morgan fingerprint density at radius 1 is 1.50 bits per heavy atom. The molecule has 58 valence electrons. The maximum atomic E-state index is 9.00. The van der Waals surface area contributed by atoms with Gasteiger partial charge in [-0.15, -0.1) is 0 Å². The molecule has 0 aromatic carbocycles. The summed E-state index contributed by atoms with van der Waals surface area (Å²) in [6.07, 6.45) is 2.04. The zero-order valence-electron chi connectivity index (χ0n) is 6.63. The number of aliphatic carboxylic acids is 1. The van der Waals surface area contributed by atoms with Crippen LogP contribution in [0, 0.1) is 0 Å². The van der Waals surface area contributed by atoms with E-state index in [9.17, 15) is 0 Å². The van der Waals surface area contributed by atoms with Crippen LogP contribution in [0.25, 0.3) is 0 Å². The maximum Gasteiger partial charge on any atom is 0.300 e. The van der Waals surface area contributed by atoms with Gasteiger partial charge in [0.25, 0.3) is 5.97 Å².